The van der Waals surface area contributed by atoms with Crippen molar-refractivity contribution < 1.29 is 14.7 Å². The number of amides is 1. The van der Waals surface area contributed by atoms with E-state index in [-0.39, 0.29) is 12.5 Å². The fourth-order valence-corrected chi connectivity index (χ4v) is 3.22. The number of carboxylic acids is 1. The van der Waals surface area contributed by atoms with Gasteiger partial charge >= 0.3 is 5.97 Å². The second-order valence-corrected chi connectivity index (χ2v) is 5.91. The number of carbonyl (C=O) groups excluding carboxylic acids is 1. The number of carboxylic acid groups (broad SMARTS) is 1. The Hall–Kier alpha value is -1.63. The van der Waals surface area contributed by atoms with Crippen molar-refractivity contribution >= 4 is 28.3 Å². The molecule has 1 aromatic rings. The highest BCUT2D eigenvalue weighted by Crippen LogP contribution is 2.35. The van der Waals surface area contributed by atoms with Crippen molar-refractivity contribution in [1.82, 2.24) is 9.88 Å². The normalized spacial score (nSPS) is 22.7. The van der Waals surface area contributed by atoms with Crippen molar-refractivity contribution in [3.05, 3.63) is 10.6 Å². The van der Waals surface area contributed by atoms with Gasteiger partial charge in [-0.25, -0.2) is 4.98 Å². The second-order valence-electron chi connectivity index (χ2n) is 4.88. The van der Waals surface area contributed by atoms with Crippen molar-refractivity contribution in [2.75, 3.05) is 18.8 Å². The molecule has 104 valence electrons. The molecule has 1 aromatic heterocycles. The van der Waals surface area contributed by atoms with E-state index in [2.05, 4.69) is 4.98 Å². The number of aryl methyl sites for hydroxylation is 1. The molecule has 0 spiro atoms. The third kappa shape index (κ3) is 2.30. The lowest BCUT2D eigenvalue weighted by atomic mass is 9.84. The summed E-state index contributed by atoms with van der Waals surface area (Å²) < 4.78 is 0. The summed E-state index contributed by atoms with van der Waals surface area (Å²) in [6.07, 6.45) is 1.02. The van der Waals surface area contributed by atoms with Crippen LogP contribution >= 0.6 is 11.3 Å². The highest BCUT2D eigenvalue weighted by atomic mass is 32.1. The van der Waals surface area contributed by atoms with Crippen LogP contribution in [0.4, 0.5) is 5.13 Å². The summed E-state index contributed by atoms with van der Waals surface area (Å²) >= 11 is 1.15. The fourth-order valence-electron chi connectivity index (χ4n) is 2.42. The number of aromatic nitrogens is 1. The molecule has 0 saturated carbocycles. The summed E-state index contributed by atoms with van der Waals surface area (Å²) in [6.45, 7) is 4.31. The molecule has 1 aliphatic rings. The fraction of sp³-hybridized carbons (Fsp3) is 0.583. The Balaban J connectivity index is 2.19. The number of nitrogens with two attached hydrogens (primary N) is 1. The van der Waals surface area contributed by atoms with Crippen molar-refractivity contribution in [1.29, 1.82) is 0 Å². The summed E-state index contributed by atoms with van der Waals surface area (Å²) in [7, 11) is 0. The van der Waals surface area contributed by atoms with Crippen LogP contribution in [0.15, 0.2) is 0 Å². The Morgan fingerprint density at radius 2 is 2.26 bits per heavy atom. The summed E-state index contributed by atoms with van der Waals surface area (Å²) in [6, 6.07) is 0. The van der Waals surface area contributed by atoms with E-state index < -0.39 is 11.4 Å². The van der Waals surface area contributed by atoms with Gasteiger partial charge < -0.3 is 15.7 Å². The lowest BCUT2D eigenvalue weighted by molar-refractivity contribution is -0.148. The monoisotopic (exact) mass is 283 g/mol. The number of aliphatic carboxylic acids is 1. The highest BCUT2D eigenvalue weighted by molar-refractivity contribution is 7.17. The minimum atomic E-state index is -0.828. The van der Waals surface area contributed by atoms with Crippen LogP contribution in [-0.4, -0.2) is 40.0 Å². The van der Waals surface area contributed by atoms with Gasteiger partial charge in [0.25, 0.3) is 5.91 Å². The number of likely N-dealkylation sites (tertiary alicyclic amines) is 1. The molecule has 7 heteroatoms. The van der Waals surface area contributed by atoms with Crippen LogP contribution in [0, 0.1) is 12.3 Å². The van der Waals surface area contributed by atoms with Gasteiger partial charge in [-0.2, -0.15) is 0 Å². The van der Waals surface area contributed by atoms with Crippen LogP contribution < -0.4 is 5.73 Å². The van der Waals surface area contributed by atoms with E-state index in [9.17, 15) is 14.7 Å². The van der Waals surface area contributed by atoms with Crippen LogP contribution in [0.2, 0.25) is 0 Å². The smallest absolute Gasteiger partial charge is 0.311 e. The molecule has 1 atom stereocenters. The predicted octanol–water partition coefficient (Wildman–Crippen LogP) is 1.36. The number of hydrogen-bond donors (Lipinski definition) is 2. The lowest BCUT2D eigenvalue weighted by Gasteiger charge is -2.22. The van der Waals surface area contributed by atoms with Crippen molar-refractivity contribution in [3.63, 3.8) is 0 Å². The third-order valence-electron chi connectivity index (χ3n) is 3.78. The Morgan fingerprint density at radius 1 is 1.58 bits per heavy atom. The lowest BCUT2D eigenvalue weighted by Crippen LogP contribution is -2.36. The number of hydrogen-bond acceptors (Lipinski definition) is 5. The van der Waals surface area contributed by atoms with Gasteiger partial charge in [0.15, 0.2) is 5.13 Å². The van der Waals surface area contributed by atoms with Gasteiger partial charge in [-0.05, 0) is 19.8 Å². The number of anilines is 1. The number of rotatable bonds is 3. The molecule has 0 aliphatic carbocycles. The highest BCUT2D eigenvalue weighted by Gasteiger charge is 2.45. The zero-order valence-corrected chi connectivity index (χ0v) is 11.8. The number of nitrogen functional groups attached to an aromatic ring is 1. The molecule has 1 saturated heterocycles. The molecular formula is C12H17N3O3S. The average molecular weight is 283 g/mol. The molecule has 3 N–H and O–H groups in total. The molecule has 19 heavy (non-hydrogen) atoms. The van der Waals surface area contributed by atoms with E-state index in [1.165, 1.54) is 0 Å². The third-order valence-corrected chi connectivity index (χ3v) is 4.75. The molecule has 1 fully saturated rings. The Morgan fingerprint density at radius 3 is 2.68 bits per heavy atom. The van der Waals surface area contributed by atoms with Gasteiger partial charge in [-0.3, -0.25) is 9.59 Å². The molecule has 1 unspecified atom stereocenters. The molecule has 2 heterocycles. The minimum absolute atomic E-state index is 0.164. The molecule has 6 nitrogen and oxygen atoms in total. The molecular weight excluding hydrogens is 266 g/mol. The molecule has 0 radical (unpaired) electrons. The summed E-state index contributed by atoms with van der Waals surface area (Å²) in [5.74, 6) is -0.992. The second kappa shape index (κ2) is 4.80. The van der Waals surface area contributed by atoms with E-state index in [1.807, 2.05) is 6.92 Å². The zero-order valence-electron chi connectivity index (χ0n) is 11.0. The molecule has 2 rings (SSSR count). The van der Waals surface area contributed by atoms with Gasteiger partial charge in [0.05, 0.1) is 11.1 Å². The van der Waals surface area contributed by atoms with Crippen molar-refractivity contribution in [2.45, 2.75) is 26.7 Å². The van der Waals surface area contributed by atoms with Gasteiger partial charge in [0.2, 0.25) is 0 Å². The first-order valence-corrected chi connectivity index (χ1v) is 6.97. The molecule has 1 amide bonds. The molecule has 0 aromatic carbocycles. The SMILES string of the molecule is CCC1(C(=O)O)CCN(C(=O)c2sc(N)nc2C)C1. The first kappa shape index (κ1) is 13.8. The first-order valence-electron chi connectivity index (χ1n) is 6.15. The largest absolute Gasteiger partial charge is 0.481 e. The van der Waals surface area contributed by atoms with E-state index in [1.54, 1.807) is 11.8 Å². The van der Waals surface area contributed by atoms with Crippen LogP contribution in [0.3, 0.4) is 0 Å². The van der Waals surface area contributed by atoms with E-state index in [4.69, 9.17) is 5.73 Å². The summed E-state index contributed by atoms with van der Waals surface area (Å²) in [4.78, 5) is 29.8. The van der Waals surface area contributed by atoms with Gasteiger partial charge in [-0.1, -0.05) is 18.3 Å². The topological polar surface area (TPSA) is 96.5 Å². The van der Waals surface area contributed by atoms with E-state index in [0.717, 1.165) is 11.3 Å². The predicted molar refractivity (Wildman–Crippen MR) is 72.1 cm³/mol. The first-order chi connectivity index (χ1) is 8.89. The zero-order chi connectivity index (χ0) is 14.2. The number of carbonyl (C=O) groups is 2. The Bertz CT molecular complexity index is 528. The molecule has 1 aliphatic heterocycles. The quantitative estimate of drug-likeness (QED) is 0.873. The van der Waals surface area contributed by atoms with E-state index in [0.29, 0.717) is 35.1 Å². The van der Waals surface area contributed by atoms with Crippen LogP contribution in [0.5, 0.6) is 0 Å². The summed E-state index contributed by atoms with van der Waals surface area (Å²) in [5, 5.41) is 9.69. The number of nitrogens with zero attached hydrogens (tertiary/aromatic N) is 2. The Kier molecular flexibility index (Phi) is 3.49. The average Bonchev–Trinajstić information content (AvgIpc) is 2.93. The van der Waals surface area contributed by atoms with Gasteiger partial charge in [0, 0.05) is 13.1 Å². The van der Waals surface area contributed by atoms with Gasteiger partial charge in [-0.15, -0.1) is 0 Å². The Labute approximate surface area is 115 Å². The van der Waals surface area contributed by atoms with Crippen LogP contribution in [0.25, 0.3) is 0 Å². The summed E-state index contributed by atoms with van der Waals surface area (Å²) in [5.41, 5.74) is 5.39. The van der Waals surface area contributed by atoms with E-state index >= 15 is 0 Å². The van der Waals surface area contributed by atoms with Gasteiger partial charge in [0.1, 0.15) is 4.88 Å². The minimum Gasteiger partial charge on any atom is -0.481 e. The van der Waals surface area contributed by atoms with Crippen LogP contribution in [-0.2, 0) is 4.79 Å². The maximum Gasteiger partial charge on any atom is 0.311 e. The van der Waals surface area contributed by atoms with Crippen molar-refractivity contribution in [2.24, 2.45) is 5.41 Å². The van der Waals surface area contributed by atoms with Crippen LogP contribution in [0.1, 0.15) is 35.1 Å². The van der Waals surface area contributed by atoms with Crippen molar-refractivity contribution in [3.8, 4) is 0 Å². The molecule has 0 bridgehead atoms. The standard InChI is InChI=1S/C12H17N3O3S/c1-3-12(10(17)18)4-5-15(6-12)9(16)8-7(2)14-11(13)19-8/h3-6H2,1-2H3,(H2,13,14)(H,17,18). The maximum absolute atomic E-state index is 12.4. The number of thiazole rings is 1. The maximum atomic E-state index is 12.4.